The minimum absolute atomic E-state index is 0.00333. The Kier molecular flexibility index (Phi) is 6.68. The van der Waals surface area contributed by atoms with Gasteiger partial charge in [-0.05, 0) is 49.6 Å². The lowest BCUT2D eigenvalue weighted by atomic mass is 9.63. The lowest BCUT2D eigenvalue weighted by Gasteiger charge is -2.57. The van der Waals surface area contributed by atoms with E-state index in [1.807, 2.05) is 0 Å². The van der Waals surface area contributed by atoms with E-state index in [1.165, 1.54) is 11.8 Å². The maximum absolute atomic E-state index is 14.6. The van der Waals surface area contributed by atoms with Crippen molar-refractivity contribution < 1.29 is 39.9 Å². The van der Waals surface area contributed by atoms with Crippen LogP contribution in [0.3, 0.4) is 0 Å². The molecule has 36 heavy (non-hydrogen) atoms. The molecular formula is C24H21ClF8N2O. The molecule has 0 unspecified atom stereocenters. The van der Waals surface area contributed by atoms with E-state index in [0.29, 0.717) is 6.07 Å². The number of benzene rings is 2. The second-order valence-electron chi connectivity index (χ2n) is 9.24. The number of anilines is 2. The van der Waals surface area contributed by atoms with Gasteiger partial charge in [-0.2, -0.15) is 26.3 Å². The van der Waals surface area contributed by atoms with Crippen molar-refractivity contribution in [3.8, 4) is 0 Å². The molecule has 12 heteroatoms. The van der Waals surface area contributed by atoms with Crippen LogP contribution in [0, 0.1) is 17.0 Å². The number of carbonyl (C=O) groups excluding carboxylic acids is 1. The second kappa shape index (κ2) is 9.08. The molecule has 4 rings (SSSR count). The van der Waals surface area contributed by atoms with Gasteiger partial charge in [0.15, 0.2) is 5.82 Å². The molecule has 1 aliphatic carbocycles. The molecule has 2 aromatic rings. The average molecular weight is 541 g/mol. The Balaban J connectivity index is 1.78. The standard InChI is InChI=1S/C24H21ClF8N2O/c1-2-35(17-5-4-16(26)20(25)21(17)27)19(36)10-14-15(24(31,32)33)8-13(23(28,29)30)9-18(14)34-11-22(12-34)6-3-7-22/h4-5,8-9H,2-3,6-7,10-12H2,1H3. The van der Waals surface area contributed by atoms with E-state index in [9.17, 15) is 39.9 Å². The van der Waals surface area contributed by atoms with Crippen LogP contribution in [0.5, 0.6) is 0 Å². The zero-order valence-electron chi connectivity index (χ0n) is 19.0. The van der Waals surface area contributed by atoms with Gasteiger partial charge in [0, 0.05) is 30.7 Å². The highest BCUT2D eigenvalue weighted by Gasteiger charge is 2.49. The number of likely N-dealkylation sites (N-methyl/N-ethyl adjacent to an activating group) is 1. The van der Waals surface area contributed by atoms with E-state index in [-0.39, 0.29) is 36.8 Å². The lowest BCUT2D eigenvalue weighted by molar-refractivity contribution is -0.143. The Morgan fingerprint density at radius 2 is 1.69 bits per heavy atom. The van der Waals surface area contributed by atoms with Crippen LogP contribution in [0.4, 0.5) is 46.5 Å². The first kappa shape index (κ1) is 26.5. The zero-order valence-corrected chi connectivity index (χ0v) is 19.7. The average Bonchev–Trinajstić information content (AvgIpc) is 2.71. The number of nitrogens with zero attached hydrogens (tertiary/aromatic N) is 2. The van der Waals surface area contributed by atoms with Crippen molar-refractivity contribution in [2.75, 3.05) is 29.4 Å². The van der Waals surface area contributed by atoms with Gasteiger partial charge in [-0.15, -0.1) is 0 Å². The largest absolute Gasteiger partial charge is 0.416 e. The molecule has 1 heterocycles. The van der Waals surface area contributed by atoms with Gasteiger partial charge >= 0.3 is 12.4 Å². The van der Waals surface area contributed by atoms with Crippen LogP contribution in [0.25, 0.3) is 0 Å². The fraction of sp³-hybridized carbons (Fsp3) is 0.458. The summed E-state index contributed by atoms with van der Waals surface area (Å²) in [6.45, 7) is 1.78. The van der Waals surface area contributed by atoms with Crippen molar-refractivity contribution in [3.05, 3.63) is 57.6 Å². The molecule has 0 aromatic heterocycles. The van der Waals surface area contributed by atoms with Gasteiger partial charge in [0.05, 0.1) is 23.2 Å². The van der Waals surface area contributed by atoms with E-state index in [0.717, 1.165) is 36.3 Å². The maximum atomic E-state index is 14.6. The highest BCUT2D eigenvalue weighted by molar-refractivity contribution is 6.31. The highest BCUT2D eigenvalue weighted by Crippen LogP contribution is 2.52. The number of rotatable bonds is 5. The molecule has 3 nitrogen and oxygen atoms in total. The molecule has 2 fully saturated rings. The summed E-state index contributed by atoms with van der Waals surface area (Å²) in [6, 6.07) is 2.36. The Bertz CT molecular complexity index is 1180. The molecule has 2 aliphatic rings. The molecule has 1 aliphatic heterocycles. The van der Waals surface area contributed by atoms with Crippen LogP contribution in [0.2, 0.25) is 5.02 Å². The van der Waals surface area contributed by atoms with Crippen molar-refractivity contribution in [3.63, 3.8) is 0 Å². The van der Waals surface area contributed by atoms with Gasteiger partial charge in [-0.25, -0.2) is 8.78 Å². The summed E-state index contributed by atoms with van der Waals surface area (Å²) in [5, 5.41) is -0.892. The molecule has 0 bridgehead atoms. The Morgan fingerprint density at radius 1 is 1.06 bits per heavy atom. The number of halogens is 9. The van der Waals surface area contributed by atoms with Gasteiger partial charge in [-0.3, -0.25) is 4.79 Å². The van der Waals surface area contributed by atoms with Crippen molar-refractivity contribution in [2.45, 2.75) is 45.0 Å². The van der Waals surface area contributed by atoms with Gasteiger partial charge < -0.3 is 9.80 Å². The van der Waals surface area contributed by atoms with Crippen LogP contribution in [0.15, 0.2) is 24.3 Å². The summed E-state index contributed by atoms with van der Waals surface area (Å²) in [7, 11) is 0. The highest BCUT2D eigenvalue weighted by atomic mass is 35.5. The fourth-order valence-electron chi connectivity index (χ4n) is 4.92. The SMILES string of the molecule is CCN(C(=O)Cc1c(N2CC3(CCC3)C2)cc(C(F)(F)F)cc1C(F)(F)F)c1ccc(F)c(Cl)c1F. The molecular weight excluding hydrogens is 520 g/mol. The van der Waals surface area contributed by atoms with Crippen LogP contribution >= 0.6 is 11.6 Å². The summed E-state index contributed by atoms with van der Waals surface area (Å²) >= 11 is 5.58. The smallest absolute Gasteiger partial charge is 0.370 e. The zero-order chi connectivity index (χ0) is 26.6. The van der Waals surface area contributed by atoms with Crippen molar-refractivity contribution in [1.82, 2.24) is 0 Å². The Labute approximate surface area is 206 Å². The summed E-state index contributed by atoms with van der Waals surface area (Å²) in [4.78, 5) is 15.4. The Hall–Kier alpha value is -2.56. The third-order valence-corrected chi connectivity index (χ3v) is 7.26. The molecule has 1 spiro atoms. The van der Waals surface area contributed by atoms with Crippen LogP contribution < -0.4 is 9.80 Å². The van der Waals surface area contributed by atoms with Gasteiger partial charge in [0.1, 0.15) is 10.8 Å². The van der Waals surface area contributed by atoms with Crippen LogP contribution in [-0.4, -0.2) is 25.5 Å². The predicted octanol–water partition coefficient (Wildman–Crippen LogP) is 7.24. The first-order valence-electron chi connectivity index (χ1n) is 11.2. The van der Waals surface area contributed by atoms with Crippen LogP contribution in [-0.2, 0) is 23.6 Å². The predicted molar refractivity (Wildman–Crippen MR) is 118 cm³/mol. The van der Waals surface area contributed by atoms with Gasteiger partial charge in [0.25, 0.3) is 0 Å². The number of amides is 1. The second-order valence-corrected chi connectivity index (χ2v) is 9.61. The number of alkyl halides is 6. The quantitative estimate of drug-likeness (QED) is 0.295. The normalized spacial score (nSPS) is 17.1. The van der Waals surface area contributed by atoms with Gasteiger partial charge in [0.2, 0.25) is 5.91 Å². The van der Waals surface area contributed by atoms with E-state index in [2.05, 4.69) is 0 Å². The van der Waals surface area contributed by atoms with Crippen LogP contribution in [0.1, 0.15) is 42.9 Å². The van der Waals surface area contributed by atoms with Gasteiger partial charge in [-0.1, -0.05) is 18.0 Å². The lowest BCUT2D eigenvalue weighted by Crippen LogP contribution is -2.60. The number of hydrogen-bond acceptors (Lipinski definition) is 2. The molecule has 0 radical (unpaired) electrons. The monoisotopic (exact) mass is 540 g/mol. The van der Waals surface area contributed by atoms with E-state index >= 15 is 0 Å². The summed E-state index contributed by atoms with van der Waals surface area (Å²) in [5.41, 5.74) is -4.58. The first-order valence-corrected chi connectivity index (χ1v) is 11.5. The minimum atomic E-state index is -5.19. The summed E-state index contributed by atoms with van der Waals surface area (Å²) in [6.07, 6.45) is -8.58. The van der Waals surface area contributed by atoms with E-state index in [4.69, 9.17) is 11.6 Å². The number of carbonyl (C=O) groups is 1. The first-order chi connectivity index (χ1) is 16.7. The van der Waals surface area contributed by atoms with Crippen molar-refractivity contribution >= 4 is 28.9 Å². The minimum Gasteiger partial charge on any atom is -0.370 e. The maximum Gasteiger partial charge on any atom is 0.416 e. The number of hydrogen-bond donors (Lipinski definition) is 0. The molecule has 1 saturated heterocycles. The van der Waals surface area contributed by atoms with Crippen molar-refractivity contribution in [1.29, 1.82) is 0 Å². The fourth-order valence-corrected chi connectivity index (χ4v) is 5.08. The third-order valence-electron chi connectivity index (χ3n) is 6.92. The Morgan fingerprint density at radius 3 is 2.19 bits per heavy atom. The molecule has 0 atom stereocenters. The van der Waals surface area contributed by atoms with E-state index < -0.39 is 63.7 Å². The molecule has 196 valence electrons. The molecule has 0 N–H and O–H groups in total. The van der Waals surface area contributed by atoms with Crippen molar-refractivity contribution in [2.24, 2.45) is 5.41 Å². The summed E-state index contributed by atoms with van der Waals surface area (Å²) < 4.78 is 111. The molecule has 1 amide bonds. The molecule has 1 saturated carbocycles. The van der Waals surface area contributed by atoms with E-state index in [1.54, 1.807) is 0 Å². The topological polar surface area (TPSA) is 23.6 Å². The summed E-state index contributed by atoms with van der Waals surface area (Å²) in [5.74, 6) is -3.37. The third kappa shape index (κ3) is 4.73. The molecule has 2 aromatic carbocycles.